The van der Waals surface area contributed by atoms with Crippen molar-refractivity contribution in [3.8, 4) is 0 Å². The lowest BCUT2D eigenvalue weighted by Gasteiger charge is -2.18. The molecule has 1 aromatic rings. The summed E-state index contributed by atoms with van der Waals surface area (Å²) in [5.41, 5.74) is 0. The van der Waals surface area contributed by atoms with Gasteiger partial charge in [-0.25, -0.2) is 8.78 Å². The molecule has 0 bridgehead atoms. The molecule has 0 saturated heterocycles. The minimum atomic E-state index is -2.38. The second-order valence-corrected chi connectivity index (χ2v) is 3.39. The molecular weight excluding hydrogens is 228 g/mol. The molecule has 0 unspecified atom stereocenters. The molecule has 0 amide bonds. The highest BCUT2D eigenvalue weighted by atomic mass is 35.5. The van der Waals surface area contributed by atoms with E-state index in [4.69, 9.17) is 11.6 Å². The van der Waals surface area contributed by atoms with Gasteiger partial charge < -0.3 is 0 Å². The zero-order valence-electron chi connectivity index (χ0n) is 8.28. The molecule has 0 aliphatic heterocycles. The van der Waals surface area contributed by atoms with Gasteiger partial charge in [-0.1, -0.05) is 0 Å². The number of tetrazole rings is 1. The highest BCUT2D eigenvalue weighted by molar-refractivity contribution is 6.18. The zero-order chi connectivity index (χ0) is 11.3. The molecule has 5 nitrogen and oxygen atoms in total. The summed E-state index contributed by atoms with van der Waals surface area (Å²) in [6.07, 6.45) is -2.38. The SMILES string of the molecule is Cn1nnc(CN(CCCl)CC(F)F)n1. The van der Waals surface area contributed by atoms with Crippen molar-refractivity contribution in [2.45, 2.75) is 13.0 Å². The summed E-state index contributed by atoms with van der Waals surface area (Å²) in [4.78, 5) is 2.78. The molecule has 1 heterocycles. The molecule has 1 rings (SSSR count). The van der Waals surface area contributed by atoms with Crippen LogP contribution in [-0.4, -0.2) is 50.5 Å². The molecule has 0 N–H and O–H groups in total. The average Bonchev–Trinajstić information content (AvgIpc) is 2.50. The van der Waals surface area contributed by atoms with E-state index in [1.54, 1.807) is 7.05 Å². The summed E-state index contributed by atoms with van der Waals surface area (Å²) >= 11 is 5.50. The molecule has 8 heteroatoms. The second kappa shape index (κ2) is 5.92. The van der Waals surface area contributed by atoms with Crippen molar-refractivity contribution in [1.82, 2.24) is 25.1 Å². The van der Waals surface area contributed by atoms with Crippen LogP contribution in [0.1, 0.15) is 5.82 Å². The van der Waals surface area contributed by atoms with Gasteiger partial charge in [0.25, 0.3) is 6.43 Å². The van der Waals surface area contributed by atoms with Gasteiger partial charge in [0.05, 0.1) is 20.1 Å². The van der Waals surface area contributed by atoms with Crippen molar-refractivity contribution in [2.24, 2.45) is 7.05 Å². The van der Waals surface area contributed by atoms with Crippen LogP contribution >= 0.6 is 11.6 Å². The third-order valence-electron chi connectivity index (χ3n) is 1.71. The van der Waals surface area contributed by atoms with Crippen molar-refractivity contribution in [3.05, 3.63) is 5.82 Å². The Morgan fingerprint density at radius 1 is 1.53 bits per heavy atom. The van der Waals surface area contributed by atoms with Crippen LogP contribution in [0.25, 0.3) is 0 Å². The molecule has 15 heavy (non-hydrogen) atoms. The van der Waals surface area contributed by atoms with E-state index in [9.17, 15) is 8.78 Å². The van der Waals surface area contributed by atoms with Crippen LogP contribution in [0.4, 0.5) is 8.78 Å². The van der Waals surface area contributed by atoms with Gasteiger partial charge >= 0.3 is 0 Å². The minimum Gasteiger partial charge on any atom is -0.289 e. The van der Waals surface area contributed by atoms with E-state index in [1.165, 1.54) is 9.70 Å². The third-order valence-corrected chi connectivity index (χ3v) is 1.88. The van der Waals surface area contributed by atoms with E-state index in [1.807, 2.05) is 0 Å². The van der Waals surface area contributed by atoms with Gasteiger partial charge in [-0.3, -0.25) is 4.90 Å². The highest BCUT2D eigenvalue weighted by Crippen LogP contribution is 2.02. The Morgan fingerprint density at radius 2 is 2.27 bits per heavy atom. The quantitative estimate of drug-likeness (QED) is 0.679. The Bertz CT molecular complexity index is 293. The molecule has 0 atom stereocenters. The van der Waals surface area contributed by atoms with Gasteiger partial charge in [0.2, 0.25) is 0 Å². The van der Waals surface area contributed by atoms with E-state index in [-0.39, 0.29) is 13.1 Å². The normalized spacial score (nSPS) is 11.6. The standard InChI is InChI=1S/C7H12ClF2N5/c1-14-12-7(11-13-14)5-15(3-2-8)4-6(9)10/h6H,2-5H2,1H3. The number of hydrogen-bond acceptors (Lipinski definition) is 4. The maximum atomic E-state index is 12.2. The predicted molar refractivity (Wildman–Crippen MR) is 50.8 cm³/mol. The molecule has 0 radical (unpaired) electrons. The Hall–Kier alpha value is -0.820. The second-order valence-electron chi connectivity index (χ2n) is 3.01. The highest BCUT2D eigenvalue weighted by Gasteiger charge is 2.14. The summed E-state index contributed by atoms with van der Waals surface area (Å²) in [6.45, 7) is 0.292. The first kappa shape index (κ1) is 12.3. The van der Waals surface area contributed by atoms with Crippen LogP contribution in [0.2, 0.25) is 0 Å². The number of hydrogen-bond donors (Lipinski definition) is 0. The zero-order valence-corrected chi connectivity index (χ0v) is 9.03. The monoisotopic (exact) mass is 239 g/mol. The summed E-state index contributed by atoms with van der Waals surface area (Å²) in [7, 11) is 1.62. The molecule has 86 valence electrons. The van der Waals surface area contributed by atoms with Gasteiger partial charge in [-0.05, 0) is 5.21 Å². The fourth-order valence-corrected chi connectivity index (χ4v) is 1.38. The Kier molecular flexibility index (Phi) is 4.83. The molecule has 0 fully saturated rings. The smallest absolute Gasteiger partial charge is 0.251 e. The molecule has 0 aromatic carbocycles. The Balaban J connectivity index is 2.50. The van der Waals surface area contributed by atoms with Gasteiger partial charge in [-0.2, -0.15) is 4.80 Å². The minimum absolute atomic E-state index is 0.241. The van der Waals surface area contributed by atoms with Gasteiger partial charge in [0.15, 0.2) is 5.82 Å². The Morgan fingerprint density at radius 3 is 2.73 bits per heavy atom. The Labute approximate surface area is 91.0 Å². The van der Waals surface area contributed by atoms with Gasteiger partial charge in [0.1, 0.15) is 0 Å². The molecule has 1 aromatic heterocycles. The molecular formula is C7H12ClF2N5. The summed E-state index contributed by atoms with van der Waals surface area (Å²) < 4.78 is 24.3. The first-order chi connectivity index (χ1) is 7.11. The fraction of sp³-hybridized carbons (Fsp3) is 0.857. The average molecular weight is 240 g/mol. The van der Waals surface area contributed by atoms with Crippen molar-refractivity contribution in [3.63, 3.8) is 0 Å². The van der Waals surface area contributed by atoms with Crippen LogP contribution in [0.3, 0.4) is 0 Å². The molecule has 0 aliphatic carbocycles. The third kappa shape index (κ3) is 4.48. The molecule has 0 spiro atoms. The van der Waals surface area contributed by atoms with Gasteiger partial charge in [-0.15, -0.1) is 21.8 Å². The van der Waals surface area contributed by atoms with Crippen molar-refractivity contribution in [1.29, 1.82) is 0 Å². The predicted octanol–water partition coefficient (Wildman–Crippen LogP) is 0.516. The maximum Gasteiger partial charge on any atom is 0.251 e. The lowest BCUT2D eigenvalue weighted by Crippen LogP contribution is -2.30. The lowest BCUT2D eigenvalue weighted by atomic mass is 10.4. The summed E-state index contributed by atoms with van der Waals surface area (Å²) in [6, 6.07) is 0. The number of aryl methyl sites for hydroxylation is 1. The van der Waals surface area contributed by atoms with E-state index in [2.05, 4.69) is 15.4 Å². The summed E-state index contributed by atoms with van der Waals surface area (Å²) in [5.74, 6) is 0.718. The van der Waals surface area contributed by atoms with Crippen LogP contribution in [0.15, 0.2) is 0 Å². The first-order valence-corrected chi connectivity index (χ1v) is 4.94. The van der Waals surface area contributed by atoms with E-state index >= 15 is 0 Å². The number of nitrogens with zero attached hydrogens (tertiary/aromatic N) is 5. The van der Waals surface area contributed by atoms with Crippen LogP contribution in [0, 0.1) is 0 Å². The van der Waals surface area contributed by atoms with Crippen LogP contribution in [0.5, 0.6) is 0 Å². The van der Waals surface area contributed by atoms with Crippen molar-refractivity contribution >= 4 is 11.6 Å². The molecule has 0 aliphatic rings. The molecule has 0 saturated carbocycles. The number of aromatic nitrogens is 4. The van der Waals surface area contributed by atoms with Gasteiger partial charge in [0, 0.05) is 12.4 Å². The van der Waals surface area contributed by atoms with Crippen LogP contribution in [-0.2, 0) is 13.6 Å². The van der Waals surface area contributed by atoms with Crippen molar-refractivity contribution < 1.29 is 8.78 Å². The lowest BCUT2D eigenvalue weighted by molar-refractivity contribution is 0.0866. The topological polar surface area (TPSA) is 46.8 Å². The largest absolute Gasteiger partial charge is 0.289 e. The first-order valence-electron chi connectivity index (χ1n) is 4.41. The number of rotatable bonds is 6. The number of halogens is 3. The maximum absolute atomic E-state index is 12.2. The van der Waals surface area contributed by atoms with E-state index < -0.39 is 6.43 Å². The van der Waals surface area contributed by atoms with Crippen molar-refractivity contribution in [2.75, 3.05) is 19.0 Å². The summed E-state index contributed by atoms with van der Waals surface area (Å²) in [5, 5.41) is 11.2. The van der Waals surface area contributed by atoms with E-state index in [0.717, 1.165) is 0 Å². The van der Waals surface area contributed by atoms with Crippen LogP contribution < -0.4 is 0 Å². The van der Waals surface area contributed by atoms with E-state index in [0.29, 0.717) is 18.2 Å². The number of alkyl halides is 3. The fourth-order valence-electron chi connectivity index (χ4n) is 1.14.